The number of hydrogen-bond acceptors (Lipinski definition) is 2. The highest BCUT2D eigenvalue weighted by Crippen LogP contribution is 2.18. The van der Waals surface area contributed by atoms with E-state index in [1.54, 1.807) is 0 Å². The summed E-state index contributed by atoms with van der Waals surface area (Å²) in [6.45, 7) is 2.61. The Morgan fingerprint density at radius 1 is 1.22 bits per heavy atom. The van der Waals surface area contributed by atoms with Gasteiger partial charge in [0.1, 0.15) is 0 Å². The van der Waals surface area contributed by atoms with Crippen LogP contribution >= 0.6 is 0 Å². The second-order valence-corrected chi connectivity index (χ2v) is 4.38. The molecule has 0 saturated carbocycles. The summed E-state index contributed by atoms with van der Waals surface area (Å²) >= 11 is 0. The molecular formula is C15H18N2O. The van der Waals surface area contributed by atoms with Crippen molar-refractivity contribution in [1.82, 2.24) is 5.32 Å². The van der Waals surface area contributed by atoms with E-state index in [0.29, 0.717) is 13.0 Å². The van der Waals surface area contributed by atoms with E-state index in [9.17, 15) is 4.79 Å². The molecule has 0 bridgehead atoms. The molecule has 0 aromatic heterocycles. The summed E-state index contributed by atoms with van der Waals surface area (Å²) in [7, 11) is 0. The van der Waals surface area contributed by atoms with Crippen LogP contribution in [0.2, 0.25) is 0 Å². The van der Waals surface area contributed by atoms with Gasteiger partial charge in [0.15, 0.2) is 0 Å². The predicted octanol–water partition coefficient (Wildman–Crippen LogP) is 2.19. The van der Waals surface area contributed by atoms with Crippen LogP contribution in [-0.2, 0) is 11.3 Å². The Morgan fingerprint density at radius 2 is 1.94 bits per heavy atom. The van der Waals surface area contributed by atoms with Gasteiger partial charge in [0, 0.05) is 6.54 Å². The van der Waals surface area contributed by atoms with Crippen LogP contribution < -0.4 is 11.1 Å². The average molecular weight is 242 g/mol. The Kier molecular flexibility index (Phi) is 3.95. The molecule has 3 heteroatoms. The van der Waals surface area contributed by atoms with Crippen molar-refractivity contribution in [2.45, 2.75) is 25.9 Å². The molecule has 3 nitrogen and oxygen atoms in total. The molecule has 94 valence electrons. The highest BCUT2D eigenvalue weighted by atomic mass is 16.1. The Labute approximate surface area is 107 Å². The van der Waals surface area contributed by atoms with Crippen LogP contribution in [0.3, 0.4) is 0 Å². The largest absolute Gasteiger partial charge is 0.368 e. The molecule has 0 fully saturated rings. The lowest BCUT2D eigenvalue weighted by Gasteiger charge is -2.14. The lowest BCUT2D eigenvalue weighted by Crippen LogP contribution is -2.40. The average Bonchev–Trinajstić information content (AvgIpc) is 2.39. The summed E-state index contributed by atoms with van der Waals surface area (Å²) in [4.78, 5) is 11.2. The van der Waals surface area contributed by atoms with E-state index in [2.05, 4.69) is 29.6 Å². The van der Waals surface area contributed by atoms with E-state index in [0.717, 1.165) is 0 Å². The van der Waals surface area contributed by atoms with Gasteiger partial charge in [-0.3, -0.25) is 4.79 Å². The zero-order valence-electron chi connectivity index (χ0n) is 10.5. The van der Waals surface area contributed by atoms with Crippen LogP contribution in [0, 0.1) is 0 Å². The topological polar surface area (TPSA) is 55.1 Å². The normalized spacial score (nSPS) is 12.5. The smallest absolute Gasteiger partial charge is 0.234 e. The molecule has 2 rings (SSSR count). The fourth-order valence-electron chi connectivity index (χ4n) is 2.13. The van der Waals surface area contributed by atoms with E-state index in [4.69, 9.17) is 5.73 Å². The summed E-state index contributed by atoms with van der Waals surface area (Å²) in [5, 5.41) is 5.63. The lowest BCUT2D eigenvalue weighted by molar-refractivity contribution is -0.120. The first-order chi connectivity index (χ1) is 8.72. The van der Waals surface area contributed by atoms with Gasteiger partial charge in [0.25, 0.3) is 0 Å². The molecule has 18 heavy (non-hydrogen) atoms. The molecule has 1 atom stereocenters. The fraction of sp³-hybridized carbons (Fsp3) is 0.267. The van der Waals surface area contributed by atoms with Gasteiger partial charge in [0.05, 0.1) is 6.04 Å². The quantitative estimate of drug-likeness (QED) is 0.844. The van der Waals surface area contributed by atoms with Crippen LogP contribution in [0.25, 0.3) is 10.8 Å². The third kappa shape index (κ3) is 2.68. The molecule has 0 heterocycles. The van der Waals surface area contributed by atoms with Gasteiger partial charge in [-0.25, -0.2) is 0 Å². The number of carbonyl (C=O) groups is 1. The maximum Gasteiger partial charge on any atom is 0.234 e. The number of rotatable bonds is 5. The van der Waals surface area contributed by atoms with Crippen molar-refractivity contribution in [2.24, 2.45) is 5.73 Å². The number of fused-ring (bicyclic) bond motifs is 1. The standard InChI is InChI=1S/C15H18N2O/c1-2-14(15(16)18)17-10-12-8-5-7-11-6-3-4-9-13(11)12/h3-9,14,17H,2,10H2,1H3,(H2,16,18). The number of carbonyl (C=O) groups excluding carboxylic acids is 1. The van der Waals surface area contributed by atoms with E-state index >= 15 is 0 Å². The molecule has 2 aromatic carbocycles. The molecular weight excluding hydrogens is 224 g/mol. The minimum atomic E-state index is -0.294. The van der Waals surface area contributed by atoms with Crippen molar-refractivity contribution in [1.29, 1.82) is 0 Å². The molecule has 1 amide bonds. The van der Waals surface area contributed by atoms with Crippen LogP contribution in [0.4, 0.5) is 0 Å². The zero-order chi connectivity index (χ0) is 13.0. The molecule has 0 aliphatic heterocycles. The number of hydrogen-bond donors (Lipinski definition) is 2. The molecule has 3 N–H and O–H groups in total. The molecule has 1 unspecified atom stereocenters. The molecule has 0 radical (unpaired) electrons. The second-order valence-electron chi connectivity index (χ2n) is 4.38. The van der Waals surface area contributed by atoms with Crippen LogP contribution in [0.1, 0.15) is 18.9 Å². The van der Waals surface area contributed by atoms with Crippen LogP contribution in [-0.4, -0.2) is 11.9 Å². The van der Waals surface area contributed by atoms with E-state index in [1.165, 1.54) is 16.3 Å². The first kappa shape index (κ1) is 12.6. The van der Waals surface area contributed by atoms with Gasteiger partial charge < -0.3 is 11.1 Å². The number of amides is 1. The van der Waals surface area contributed by atoms with Crippen molar-refractivity contribution >= 4 is 16.7 Å². The molecule has 0 aliphatic carbocycles. The monoisotopic (exact) mass is 242 g/mol. The third-order valence-electron chi connectivity index (χ3n) is 3.17. The van der Waals surface area contributed by atoms with E-state index in [-0.39, 0.29) is 11.9 Å². The summed E-state index contributed by atoms with van der Waals surface area (Å²) in [6, 6.07) is 14.2. The fourth-order valence-corrected chi connectivity index (χ4v) is 2.13. The minimum absolute atomic E-state index is 0.260. The second kappa shape index (κ2) is 5.65. The molecule has 2 aromatic rings. The van der Waals surface area contributed by atoms with Crippen molar-refractivity contribution in [2.75, 3.05) is 0 Å². The Balaban J connectivity index is 2.19. The van der Waals surface area contributed by atoms with Gasteiger partial charge in [-0.1, -0.05) is 49.4 Å². The van der Waals surface area contributed by atoms with Crippen molar-refractivity contribution in [3.05, 3.63) is 48.0 Å². The minimum Gasteiger partial charge on any atom is -0.368 e. The maximum atomic E-state index is 11.2. The number of nitrogens with two attached hydrogens (primary N) is 1. The maximum absolute atomic E-state index is 11.2. The Bertz CT molecular complexity index is 546. The summed E-state index contributed by atoms with van der Waals surface area (Å²) in [5.74, 6) is -0.294. The van der Waals surface area contributed by atoms with E-state index in [1.807, 2.05) is 25.1 Å². The van der Waals surface area contributed by atoms with E-state index < -0.39 is 0 Å². The summed E-state index contributed by atoms with van der Waals surface area (Å²) in [5.41, 5.74) is 6.51. The molecule has 0 aliphatic rings. The van der Waals surface area contributed by atoms with Crippen molar-refractivity contribution in [3.63, 3.8) is 0 Å². The molecule has 0 spiro atoms. The predicted molar refractivity (Wildman–Crippen MR) is 74.1 cm³/mol. The highest BCUT2D eigenvalue weighted by Gasteiger charge is 2.11. The summed E-state index contributed by atoms with van der Waals surface area (Å²) in [6.07, 6.45) is 0.708. The SMILES string of the molecule is CCC(NCc1cccc2ccccc12)C(N)=O. The number of nitrogens with one attached hydrogen (secondary N) is 1. The van der Waals surface area contributed by atoms with Crippen molar-refractivity contribution < 1.29 is 4.79 Å². The van der Waals surface area contributed by atoms with Crippen LogP contribution in [0.5, 0.6) is 0 Å². The first-order valence-corrected chi connectivity index (χ1v) is 6.21. The first-order valence-electron chi connectivity index (χ1n) is 6.21. The Hall–Kier alpha value is -1.87. The van der Waals surface area contributed by atoms with Gasteiger partial charge in [-0.2, -0.15) is 0 Å². The number of primary amides is 1. The number of benzene rings is 2. The van der Waals surface area contributed by atoms with Gasteiger partial charge >= 0.3 is 0 Å². The zero-order valence-corrected chi connectivity index (χ0v) is 10.5. The van der Waals surface area contributed by atoms with Crippen LogP contribution in [0.15, 0.2) is 42.5 Å². The lowest BCUT2D eigenvalue weighted by atomic mass is 10.0. The van der Waals surface area contributed by atoms with Gasteiger partial charge in [0.2, 0.25) is 5.91 Å². The van der Waals surface area contributed by atoms with Crippen molar-refractivity contribution in [3.8, 4) is 0 Å². The Morgan fingerprint density at radius 3 is 2.67 bits per heavy atom. The third-order valence-corrected chi connectivity index (χ3v) is 3.17. The summed E-state index contributed by atoms with van der Waals surface area (Å²) < 4.78 is 0. The van der Waals surface area contributed by atoms with Gasteiger partial charge in [-0.15, -0.1) is 0 Å². The highest BCUT2D eigenvalue weighted by molar-refractivity contribution is 5.85. The van der Waals surface area contributed by atoms with Gasteiger partial charge in [-0.05, 0) is 22.8 Å². The molecule has 0 saturated heterocycles.